The summed E-state index contributed by atoms with van der Waals surface area (Å²) in [5.41, 5.74) is 6.15. The Labute approximate surface area is 97.4 Å². The summed E-state index contributed by atoms with van der Waals surface area (Å²) < 4.78 is 18.7. The summed E-state index contributed by atoms with van der Waals surface area (Å²) in [6, 6.07) is 11.0. The Morgan fingerprint density at radius 2 is 1.75 bits per heavy atom. The lowest BCUT2D eigenvalue weighted by molar-refractivity contribution is 0.442. The van der Waals surface area contributed by atoms with Gasteiger partial charge in [-0.05, 0) is 42.5 Å². The molecule has 0 unspecified atom stereocenters. The van der Waals surface area contributed by atoms with Crippen molar-refractivity contribution in [1.29, 1.82) is 0 Å². The third-order valence-electron chi connectivity index (χ3n) is 2.00. The van der Waals surface area contributed by atoms with E-state index in [1.165, 1.54) is 12.1 Å². The molecule has 0 aliphatic heterocycles. The van der Waals surface area contributed by atoms with Crippen LogP contribution in [0.3, 0.4) is 0 Å². The Morgan fingerprint density at radius 1 is 1.06 bits per heavy atom. The molecule has 0 fully saturated rings. The third-order valence-corrected chi connectivity index (χ3v) is 2.24. The van der Waals surface area contributed by atoms with Crippen LogP contribution in [0.5, 0.6) is 11.5 Å². The minimum absolute atomic E-state index is 0.133. The summed E-state index contributed by atoms with van der Waals surface area (Å²) >= 11 is 5.63. The van der Waals surface area contributed by atoms with Gasteiger partial charge in [-0.15, -0.1) is 0 Å². The molecular formula is C12H9ClFNO. The van der Waals surface area contributed by atoms with Gasteiger partial charge in [0.1, 0.15) is 5.75 Å². The molecule has 0 heterocycles. The fraction of sp³-hybridized carbons (Fsp3) is 0. The van der Waals surface area contributed by atoms with Crippen LogP contribution in [0.15, 0.2) is 42.5 Å². The second kappa shape index (κ2) is 4.41. The number of ether oxygens (including phenoxy) is 1. The van der Waals surface area contributed by atoms with Crippen molar-refractivity contribution in [3.63, 3.8) is 0 Å². The maximum Gasteiger partial charge on any atom is 0.167 e. The normalized spacial score (nSPS) is 10.1. The van der Waals surface area contributed by atoms with E-state index in [1.807, 2.05) is 0 Å². The number of nitrogens with two attached hydrogens (primary N) is 1. The van der Waals surface area contributed by atoms with Crippen LogP contribution in [0.25, 0.3) is 0 Å². The maximum atomic E-state index is 13.4. The summed E-state index contributed by atoms with van der Waals surface area (Å²) in [4.78, 5) is 0. The molecule has 82 valence electrons. The summed E-state index contributed by atoms with van der Waals surface area (Å²) in [5.74, 6) is 0.161. The van der Waals surface area contributed by atoms with Gasteiger partial charge in [-0.1, -0.05) is 11.6 Å². The lowest BCUT2D eigenvalue weighted by Gasteiger charge is -2.06. The monoisotopic (exact) mass is 237 g/mol. The van der Waals surface area contributed by atoms with Gasteiger partial charge in [0.05, 0.1) is 0 Å². The van der Waals surface area contributed by atoms with Crippen molar-refractivity contribution >= 4 is 17.3 Å². The molecule has 4 heteroatoms. The largest absolute Gasteiger partial charge is 0.454 e. The molecule has 0 radical (unpaired) electrons. The van der Waals surface area contributed by atoms with Crippen molar-refractivity contribution in [1.82, 2.24) is 0 Å². The van der Waals surface area contributed by atoms with Crippen LogP contribution in [-0.2, 0) is 0 Å². The lowest BCUT2D eigenvalue weighted by Crippen LogP contribution is -1.89. The van der Waals surface area contributed by atoms with Gasteiger partial charge >= 0.3 is 0 Å². The zero-order valence-corrected chi connectivity index (χ0v) is 9.04. The summed E-state index contributed by atoms with van der Waals surface area (Å²) in [6.45, 7) is 0. The van der Waals surface area contributed by atoms with Crippen molar-refractivity contribution in [2.45, 2.75) is 0 Å². The number of anilines is 1. The van der Waals surface area contributed by atoms with Crippen LogP contribution < -0.4 is 10.5 Å². The highest BCUT2D eigenvalue weighted by Crippen LogP contribution is 2.26. The highest BCUT2D eigenvalue weighted by molar-refractivity contribution is 6.30. The standard InChI is InChI=1S/C12H9ClFNO/c13-8-1-6-12(11(14)7-8)16-10-4-2-9(15)3-5-10/h1-7H,15H2. The van der Waals surface area contributed by atoms with Gasteiger partial charge in [0.15, 0.2) is 11.6 Å². The first kappa shape index (κ1) is 10.8. The van der Waals surface area contributed by atoms with E-state index in [0.717, 1.165) is 0 Å². The number of nitrogen functional groups attached to an aromatic ring is 1. The second-order valence-electron chi connectivity index (χ2n) is 3.25. The molecule has 0 saturated heterocycles. The quantitative estimate of drug-likeness (QED) is 0.805. The van der Waals surface area contributed by atoms with Gasteiger partial charge < -0.3 is 10.5 Å². The van der Waals surface area contributed by atoms with Gasteiger partial charge in [-0.3, -0.25) is 0 Å². The fourth-order valence-electron chi connectivity index (χ4n) is 1.22. The molecule has 2 aromatic carbocycles. The molecule has 0 bridgehead atoms. The molecule has 2 nitrogen and oxygen atoms in total. The van der Waals surface area contributed by atoms with Crippen LogP contribution >= 0.6 is 11.6 Å². The first-order valence-electron chi connectivity index (χ1n) is 4.63. The van der Waals surface area contributed by atoms with E-state index < -0.39 is 5.82 Å². The first-order chi connectivity index (χ1) is 7.65. The molecule has 0 spiro atoms. The van der Waals surface area contributed by atoms with Gasteiger partial charge in [0, 0.05) is 10.7 Å². The van der Waals surface area contributed by atoms with Crippen LogP contribution in [0.1, 0.15) is 0 Å². The lowest BCUT2D eigenvalue weighted by atomic mass is 10.3. The summed E-state index contributed by atoms with van der Waals surface area (Å²) in [5, 5.41) is 0.335. The first-order valence-corrected chi connectivity index (χ1v) is 5.01. The highest BCUT2D eigenvalue weighted by Gasteiger charge is 2.04. The average Bonchev–Trinajstić information content (AvgIpc) is 2.25. The van der Waals surface area contributed by atoms with Crippen LogP contribution in [-0.4, -0.2) is 0 Å². The van der Waals surface area contributed by atoms with E-state index in [2.05, 4.69) is 0 Å². The SMILES string of the molecule is Nc1ccc(Oc2ccc(Cl)cc2F)cc1. The maximum absolute atomic E-state index is 13.4. The molecule has 0 saturated carbocycles. The van der Waals surface area contributed by atoms with Crippen LogP contribution in [0.4, 0.5) is 10.1 Å². The van der Waals surface area contributed by atoms with Crippen LogP contribution in [0.2, 0.25) is 5.02 Å². The zero-order chi connectivity index (χ0) is 11.5. The number of hydrogen-bond acceptors (Lipinski definition) is 2. The smallest absolute Gasteiger partial charge is 0.167 e. The highest BCUT2D eigenvalue weighted by atomic mass is 35.5. The van der Waals surface area contributed by atoms with Crippen molar-refractivity contribution in [3.05, 3.63) is 53.3 Å². The number of halogens is 2. The van der Waals surface area contributed by atoms with Gasteiger partial charge in [-0.2, -0.15) is 0 Å². The topological polar surface area (TPSA) is 35.2 Å². The Bertz CT molecular complexity index is 499. The Hall–Kier alpha value is -1.74. The zero-order valence-electron chi connectivity index (χ0n) is 8.28. The van der Waals surface area contributed by atoms with Gasteiger partial charge in [-0.25, -0.2) is 4.39 Å². The van der Waals surface area contributed by atoms with E-state index in [4.69, 9.17) is 22.1 Å². The summed E-state index contributed by atoms with van der Waals surface area (Å²) in [6.07, 6.45) is 0. The molecule has 0 aliphatic carbocycles. The molecule has 0 aliphatic rings. The Morgan fingerprint density at radius 3 is 2.38 bits per heavy atom. The van der Waals surface area contributed by atoms with E-state index in [0.29, 0.717) is 16.5 Å². The fourth-order valence-corrected chi connectivity index (χ4v) is 1.38. The minimum atomic E-state index is -0.496. The van der Waals surface area contributed by atoms with Gasteiger partial charge in [0.25, 0.3) is 0 Å². The minimum Gasteiger partial charge on any atom is -0.454 e. The molecule has 2 N–H and O–H groups in total. The van der Waals surface area contributed by atoms with Crippen molar-refractivity contribution in [2.24, 2.45) is 0 Å². The Balaban J connectivity index is 2.23. The number of rotatable bonds is 2. The van der Waals surface area contributed by atoms with E-state index in [-0.39, 0.29) is 5.75 Å². The summed E-state index contributed by atoms with van der Waals surface area (Å²) in [7, 11) is 0. The molecule has 0 aromatic heterocycles. The predicted molar refractivity (Wildman–Crippen MR) is 62.3 cm³/mol. The number of benzene rings is 2. The third kappa shape index (κ3) is 2.44. The molecule has 2 aromatic rings. The van der Waals surface area contributed by atoms with Crippen molar-refractivity contribution in [3.8, 4) is 11.5 Å². The van der Waals surface area contributed by atoms with E-state index >= 15 is 0 Å². The van der Waals surface area contributed by atoms with Crippen molar-refractivity contribution in [2.75, 3.05) is 5.73 Å². The molecular weight excluding hydrogens is 229 g/mol. The molecule has 16 heavy (non-hydrogen) atoms. The Kier molecular flexibility index (Phi) is 2.97. The van der Waals surface area contributed by atoms with E-state index in [9.17, 15) is 4.39 Å². The van der Waals surface area contributed by atoms with Crippen molar-refractivity contribution < 1.29 is 9.13 Å². The number of hydrogen-bond donors (Lipinski definition) is 1. The van der Waals surface area contributed by atoms with Gasteiger partial charge in [0.2, 0.25) is 0 Å². The predicted octanol–water partition coefficient (Wildman–Crippen LogP) is 3.85. The van der Waals surface area contributed by atoms with Crippen LogP contribution in [0, 0.1) is 5.82 Å². The second-order valence-corrected chi connectivity index (χ2v) is 3.68. The molecule has 0 atom stereocenters. The van der Waals surface area contributed by atoms with E-state index in [1.54, 1.807) is 30.3 Å². The average molecular weight is 238 g/mol. The molecule has 2 rings (SSSR count). The molecule has 0 amide bonds.